The molecule has 2 aromatic carbocycles. The van der Waals surface area contributed by atoms with Crippen LogP contribution in [-0.2, 0) is 13.0 Å². The number of rotatable bonds is 10. The first-order valence-corrected chi connectivity index (χ1v) is 12.3. The number of aromatic nitrogens is 1. The van der Waals surface area contributed by atoms with Gasteiger partial charge < -0.3 is 26.0 Å². The Morgan fingerprint density at radius 3 is 2.44 bits per heavy atom. The van der Waals surface area contributed by atoms with E-state index in [0.29, 0.717) is 24.6 Å². The number of aliphatic hydroxyl groups is 2. The summed E-state index contributed by atoms with van der Waals surface area (Å²) in [6, 6.07) is 17.8. The van der Waals surface area contributed by atoms with Crippen LogP contribution in [0.5, 0.6) is 5.75 Å². The average Bonchev–Trinajstić information content (AvgIpc) is 3.43. The lowest BCUT2D eigenvalue weighted by Crippen LogP contribution is -2.22. The lowest BCUT2D eigenvalue weighted by molar-refractivity contribution is 0.0952. The first-order valence-electron chi connectivity index (χ1n) is 12.3. The maximum Gasteiger partial charge on any atom is 0.131 e. The molecule has 1 aliphatic heterocycles. The van der Waals surface area contributed by atoms with Crippen molar-refractivity contribution in [3.63, 3.8) is 0 Å². The van der Waals surface area contributed by atoms with Crippen molar-refractivity contribution in [2.45, 2.75) is 38.9 Å². The zero-order chi connectivity index (χ0) is 25.5. The topological polar surface area (TPSA) is 113 Å². The number of benzene rings is 2. The van der Waals surface area contributed by atoms with Gasteiger partial charge in [-0.3, -0.25) is 9.98 Å². The summed E-state index contributed by atoms with van der Waals surface area (Å²) in [4.78, 5) is 8.69. The second kappa shape index (κ2) is 11.8. The normalized spacial score (nSPS) is 14.8. The highest BCUT2D eigenvalue weighted by Crippen LogP contribution is 2.27. The van der Waals surface area contributed by atoms with E-state index >= 15 is 0 Å². The molecule has 188 valence electrons. The molecule has 1 atom stereocenters. The highest BCUT2D eigenvalue weighted by atomic mass is 16.5. The van der Waals surface area contributed by atoms with E-state index in [1.54, 1.807) is 12.4 Å². The van der Waals surface area contributed by atoms with Crippen LogP contribution in [0.1, 0.15) is 47.6 Å². The third-order valence-corrected chi connectivity index (χ3v) is 6.22. The number of nitrogens with one attached hydrogen (secondary N) is 1. The molecule has 36 heavy (non-hydrogen) atoms. The maximum absolute atomic E-state index is 9.97. The van der Waals surface area contributed by atoms with Crippen molar-refractivity contribution >= 4 is 17.1 Å². The lowest BCUT2D eigenvalue weighted by atomic mass is 9.92. The van der Waals surface area contributed by atoms with Gasteiger partial charge in [-0.25, -0.2) is 0 Å². The average molecular weight is 487 g/mol. The smallest absolute Gasteiger partial charge is 0.131 e. The largest absolute Gasteiger partial charge is 0.489 e. The maximum atomic E-state index is 9.97. The van der Waals surface area contributed by atoms with Gasteiger partial charge in [0.2, 0.25) is 0 Å². The highest BCUT2D eigenvalue weighted by molar-refractivity contribution is 6.29. The molecule has 7 heteroatoms. The SMILES string of the molecule is CC(C)c1ccc(COc2ccc(C(C3=NCCN3)=C(N)c3ccncc3)cc2)cc1CC(O)CO. The van der Waals surface area contributed by atoms with Crippen LogP contribution in [0.4, 0.5) is 0 Å². The molecule has 1 aliphatic rings. The van der Waals surface area contributed by atoms with Crippen LogP contribution in [0.15, 0.2) is 72.0 Å². The molecule has 7 nitrogen and oxygen atoms in total. The minimum atomic E-state index is -0.771. The van der Waals surface area contributed by atoms with Gasteiger partial charge in [-0.1, -0.05) is 44.2 Å². The van der Waals surface area contributed by atoms with Crippen molar-refractivity contribution in [3.05, 3.63) is 94.8 Å². The number of amidine groups is 1. The van der Waals surface area contributed by atoms with E-state index in [1.807, 2.05) is 36.4 Å². The van der Waals surface area contributed by atoms with Crippen molar-refractivity contribution in [1.82, 2.24) is 10.3 Å². The van der Waals surface area contributed by atoms with E-state index in [1.165, 1.54) is 5.56 Å². The standard InChI is InChI=1S/C29H34N4O3/c1-19(2)26-8-3-20(15-23(26)16-24(35)17-34)18-36-25-6-4-21(5-7-25)27(29-32-13-14-33-29)28(30)22-9-11-31-12-10-22/h3-12,15,19,24,34-35H,13-14,16-18,30H2,1-2H3,(H,32,33). The van der Waals surface area contributed by atoms with E-state index < -0.39 is 6.10 Å². The van der Waals surface area contributed by atoms with Crippen LogP contribution in [0.25, 0.3) is 11.3 Å². The Morgan fingerprint density at radius 1 is 1.06 bits per heavy atom. The molecular weight excluding hydrogens is 452 g/mol. The Kier molecular flexibility index (Phi) is 8.36. The summed E-state index contributed by atoms with van der Waals surface area (Å²) in [5.74, 6) is 1.86. The lowest BCUT2D eigenvalue weighted by Gasteiger charge is -2.17. The molecule has 5 N–H and O–H groups in total. The number of nitrogens with two attached hydrogens (primary N) is 1. The minimum Gasteiger partial charge on any atom is -0.489 e. The number of nitrogens with zero attached hydrogens (tertiary/aromatic N) is 2. The van der Waals surface area contributed by atoms with E-state index in [0.717, 1.165) is 52.5 Å². The molecule has 1 unspecified atom stereocenters. The van der Waals surface area contributed by atoms with Crippen molar-refractivity contribution in [2.24, 2.45) is 10.7 Å². The monoisotopic (exact) mass is 486 g/mol. The van der Waals surface area contributed by atoms with E-state index in [4.69, 9.17) is 10.5 Å². The van der Waals surface area contributed by atoms with Gasteiger partial charge in [0.05, 0.1) is 25.0 Å². The Balaban J connectivity index is 1.53. The first kappa shape index (κ1) is 25.4. The summed E-state index contributed by atoms with van der Waals surface area (Å²) in [6.45, 7) is 5.90. The van der Waals surface area contributed by atoms with Crippen molar-refractivity contribution in [3.8, 4) is 5.75 Å². The number of pyridine rings is 1. The predicted molar refractivity (Wildman–Crippen MR) is 144 cm³/mol. The fourth-order valence-corrected chi connectivity index (χ4v) is 4.35. The van der Waals surface area contributed by atoms with Crippen LogP contribution >= 0.6 is 0 Å². The molecule has 3 aromatic rings. The van der Waals surface area contributed by atoms with Gasteiger partial charge in [0.1, 0.15) is 18.2 Å². The van der Waals surface area contributed by atoms with Crippen LogP contribution < -0.4 is 15.8 Å². The molecule has 0 amide bonds. The highest BCUT2D eigenvalue weighted by Gasteiger charge is 2.18. The van der Waals surface area contributed by atoms with Gasteiger partial charge in [0, 0.05) is 36.5 Å². The summed E-state index contributed by atoms with van der Waals surface area (Å²) in [6.07, 6.45) is 3.10. The fourth-order valence-electron chi connectivity index (χ4n) is 4.35. The van der Waals surface area contributed by atoms with Crippen LogP contribution in [0.3, 0.4) is 0 Å². The van der Waals surface area contributed by atoms with Crippen LogP contribution in [0.2, 0.25) is 0 Å². The van der Waals surface area contributed by atoms with Gasteiger partial charge >= 0.3 is 0 Å². The van der Waals surface area contributed by atoms with Crippen molar-refractivity contribution in [1.29, 1.82) is 0 Å². The molecule has 0 radical (unpaired) electrons. The van der Waals surface area contributed by atoms with Crippen molar-refractivity contribution in [2.75, 3.05) is 19.7 Å². The zero-order valence-electron chi connectivity index (χ0n) is 20.8. The van der Waals surface area contributed by atoms with Gasteiger partial charge in [-0.05, 0) is 52.4 Å². The molecule has 0 aliphatic carbocycles. The van der Waals surface area contributed by atoms with Gasteiger partial charge in [0.25, 0.3) is 0 Å². The van der Waals surface area contributed by atoms with Crippen LogP contribution in [0, 0.1) is 0 Å². The summed E-state index contributed by atoms with van der Waals surface area (Å²) >= 11 is 0. The molecule has 0 fully saturated rings. The molecule has 2 heterocycles. The summed E-state index contributed by atoms with van der Waals surface area (Å²) in [5.41, 5.74) is 13.1. The molecule has 0 saturated carbocycles. The number of hydrogen-bond acceptors (Lipinski definition) is 7. The van der Waals surface area contributed by atoms with E-state index in [9.17, 15) is 10.2 Å². The van der Waals surface area contributed by atoms with Crippen molar-refractivity contribution < 1.29 is 14.9 Å². The Morgan fingerprint density at radius 2 is 1.81 bits per heavy atom. The quantitative estimate of drug-likeness (QED) is 0.349. The molecule has 1 aromatic heterocycles. The van der Waals surface area contributed by atoms with Gasteiger partial charge in [-0.15, -0.1) is 0 Å². The summed E-state index contributed by atoms with van der Waals surface area (Å²) < 4.78 is 6.07. The third-order valence-electron chi connectivity index (χ3n) is 6.22. The summed E-state index contributed by atoms with van der Waals surface area (Å²) in [5, 5.41) is 22.6. The number of aliphatic imine (C=N–C) groups is 1. The number of aliphatic hydroxyl groups excluding tert-OH is 2. The Bertz CT molecular complexity index is 1220. The van der Waals surface area contributed by atoms with Crippen LogP contribution in [-0.4, -0.2) is 46.8 Å². The molecule has 0 saturated heterocycles. The molecule has 4 rings (SSSR count). The third kappa shape index (κ3) is 6.11. The van der Waals surface area contributed by atoms with E-state index in [2.05, 4.69) is 47.3 Å². The number of hydrogen-bond donors (Lipinski definition) is 4. The summed E-state index contributed by atoms with van der Waals surface area (Å²) in [7, 11) is 0. The van der Waals surface area contributed by atoms with Gasteiger partial charge in [0.15, 0.2) is 0 Å². The Hall–Kier alpha value is -3.68. The molecule has 0 spiro atoms. The zero-order valence-corrected chi connectivity index (χ0v) is 20.8. The number of ether oxygens (including phenoxy) is 1. The second-order valence-electron chi connectivity index (χ2n) is 9.22. The molecular formula is C29H34N4O3. The minimum absolute atomic E-state index is 0.255. The first-order chi connectivity index (χ1) is 17.5. The predicted octanol–water partition coefficient (Wildman–Crippen LogP) is 3.51. The Labute approximate surface area is 212 Å². The molecule has 0 bridgehead atoms. The van der Waals surface area contributed by atoms with E-state index in [-0.39, 0.29) is 6.61 Å². The fraction of sp³-hybridized carbons (Fsp3) is 0.310. The van der Waals surface area contributed by atoms with Gasteiger partial charge in [-0.2, -0.15) is 0 Å². The second-order valence-corrected chi connectivity index (χ2v) is 9.22.